The molecule has 98 valence electrons. The molecule has 0 saturated carbocycles. The summed E-state index contributed by atoms with van der Waals surface area (Å²) in [5.74, 6) is 0.650. The molecule has 0 aromatic carbocycles. The highest BCUT2D eigenvalue weighted by Crippen LogP contribution is 2.18. The summed E-state index contributed by atoms with van der Waals surface area (Å²) in [7, 11) is 1.92. The zero-order valence-electron chi connectivity index (χ0n) is 10.5. The van der Waals surface area contributed by atoms with Crippen LogP contribution in [0.2, 0.25) is 0 Å². The highest BCUT2D eigenvalue weighted by molar-refractivity contribution is 5.46. The van der Waals surface area contributed by atoms with Crippen LogP contribution < -0.4 is 10.2 Å². The maximum Gasteiger partial charge on any atom is 0.274 e. The molecule has 6 nitrogen and oxygen atoms in total. The molecule has 1 aromatic heterocycles. The molecule has 1 aliphatic heterocycles. The van der Waals surface area contributed by atoms with E-state index in [0.29, 0.717) is 11.9 Å². The summed E-state index contributed by atoms with van der Waals surface area (Å²) in [4.78, 5) is 16.5. The van der Waals surface area contributed by atoms with Crippen molar-refractivity contribution in [3.05, 3.63) is 28.4 Å². The summed E-state index contributed by atoms with van der Waals surface area (Å²) < 4.78 is 0. The lowest BCUT2D eigenvalue weighted by molar-refractivity contribution is -0.384. The second-order valence-electron chi connectivity index (χ2n) is 4.66. The molecule has 2 rings (SSSR count). The molecule has 1 N–H and O–H groups in total. The smallest absolute Gasteiger partial charge is 0.274 e. The topological polar surface area (TPSA) is 71.3 Å². The van der Waals surface area contributed by atoms with Crippen LogP contribution in [0.5, 0.6) is 0 Å². The fraction of sp³-hybridized carbons (Fsp3) is 0.583. The van der Waals surface area contributed by atoms with Crippen LogP contribution in [-0.2, 0) is 0 Å². The molecule has 1 unspecified atom stereocenters. The number of nitrogens with zero attached hydrogens (tertiary/aromatic N) is 3. The van der Waals surface area contributed by atoms with E-state index in [-0.39, 0.29) is 5.69 Å². The first-order valence-corrected chi connectivity index (χ1v) is 6.22. The Morgan fingerprint density at radius 3 is 3.11 bits per heavy atom. The summed E-state index contributed by atoms with van der Waals surface area (Å²) >= 11 is 0. The van der Waals surface area contributed by atoms with Gasteiger partial charge in [0.1, 0.15) is 5.82 Å². The van der Waals surface area contributed by atoms with Crippen molar-refractivity contribution in [2.45, 2.75) is 25.3 Å². The second kappa shape index (κ2) is 5.77. The third-order valence-corrected chi connectivity index (χ3v) is 3.24. The molecule has 0 aliphatic carbocycles. The van der Waals surface area contributed by atoms with Gasteiger partial charge in [-0.05, 0) is 19.4 Å². The zero-order chi connectivity index (χ0) is 13.0. The standard InChI is InChI=1S/C12H18N4O2/c1-15(9-10-4-2-3-6-13-10)12-8-11(16(17)18)5-7-14-12/h5,7-8,10,13H,2-4,6,9H2,1H3. The van der Waals surface area contributed by atoms with Gasteiger partial charge < -0.3 is 10.2 Å². The number of anilines is 1. The summed E-state index contributed by atoms with van der Waals surface area (Å²) in [5.41, 5.74) is 0.0865. The molecule has 0 spiro atoms. The minimum absolute atomic E-state index is 0.0865. The maximum absolute atomic E-state index is 10.7. The van der Waals surface area contributed by atoms with E-state index < -0.39 is 4.92 Å². The monoisotopic (exact) mass is 250 g/mol. The Balaban J connectivity index is 2.01. The fourth-order valence-corrected chi connectivity index (χ4v) is 2.23. The molecule has 1 saturated heterocycles. The van der Waals surface area contributed by atoms with Crippen molar-refractivity contribution in [1.82, 2.24) is 10.3 Å². The van der Waals surface area contributed by atoms with Gasteiger partial charge in [-0.3, -0.25) is 10.1 Å². The number of likely N-dealkylation sites (N-methyl/N-ethyl adjacent to an activating group) is 1. The van der Waals surface area contributed by atoms with Gasteiger partial charge in [-0.15, -0.1) is 0 Å². The van der Waals surface area contributed by atoms with Crippen LogP contribution in [0.15, 0.2) is 18.3 Å². The second-order valence-corrected chi connectivity index (χ2v) is 4.66. The maximum atomic E-state index is 10.7. The summed E-state index contributed by atoms with van der Waals surface area (Å²) in [6.07, 6.45) is 5.11. The normalized spacial score (nSPS) is 19.5. The van der Waals surface area contributed by atoms with Gasteiger partial charge in [0.15, 0.2) is 0 Å². The Morgan fingerprint density at radius 2 is 2.44 bits per heavy atom. The van der Waals surface area contributed by atoms with Gasteiger partial charge >= 0.3 is 0 Å². The predicted octanol–water partition coefficient (Wildman–Crippen LogP) is 1.57. The van der Waals surface area contributed by atoms with Gasteiger partial charge in [0.2, 0.25) is 0 Å². The highest BCUT2D eigenvalue weighted by Gasteiger charge is 2.16. The minimum Gasteiger partial charge on any atom is -0.358 e. The third-order valence-electron chi connectivity index (χ3n) is 3.24. The number of rotatable bonds is 4. The van der Waals surface area contributed by atoms with E-state index in [1.54, 1.807) is 0 Å². The average Bonchev–Trinajstić information content (AvgIpc) is 2.40. The van der Waals surface area contributed by atoms with Crippen LogP contribution in [0, 0.1) is 10.1 Å². The van der Waals surface area contributed by atoms with Gasteiger partial charge in [-0.1, -0.05) is 6.42 Å². The summed E-state index contributed by atoms with van der Waals surface area (Å²) in [6, 6.07) is 3.38. The molecule has 2 heterocycles. The predicted molar refractivity (Wildman–Crippen MR) is 69.8 cm³/mol. The van der Waals surface area contributed by atoms with E-state index in [2.05, 4.69) is 10.3 Å². The van der Waals surface area contributed by atoms with Crippen molar-refractivity contribution >= 4 is 11.5 Å². The number of piperidine rings is 1. The van der Waals surface area contributed by atoms with E-state index in [1.165, 1.54) is 31.2 Å². The van der Waals surface area contributed by atoms with Crippen LogP contribution in [0.1, 0.15) is 19.3 Å². The zero-order valence-corrected chi connectivity index (χ0v) is 10.5. The molecule has 18 heavy (non-hydrogen) atoms. The van der Waals surface area contributed by atoms with Gasteiger partial charge in [0.05, 0.1) is 11.0 Å². The molecular formula is C12H18N4O2. The number of hydrogen-bond donors (Lipinski definition) is 1. The van der Waals surface area contributed by atoms with E-state index in [4.69, 9.17) is 0 Å². The lowest BCUT2D eigenvalue weighted by Crippen LogP contribution is -2.42. The SMILES string of the molecule is CN(CC1CCCCN1)c1cc([N+](=O)[O-])ccn1. The quantitative estimate of drug-likeness (QED) is 0.648. The lowest BCUT2D eigenvalue weighted by atomic mass is 10.0. The molecular weight excluding hydrogens is 232 g/mol. The van der Waals surface area contributed by atoms with Gasteiger partial charge in [-0.25, -0.2) is 4.98 Å². The molecule has 0 amide bonds. The van der Waals surface area contributed by atoms with E-state index >= 15 is 0 Å². The van der Waals surface area contributed by atoms with Gasteiger partial charge in [0.25, 0.3) is 5.69 Å². The van der Waals surface area contributed by atoms with Crippen LogP contribution in [0.3, 0.4) is 0 Å². The first kappa shape index (κ1) is 12.8. The molecule has 0 bridgehead atoms. The minimum atomic E-state index is -0.391. The lowest BCUT2D eigenvalue weighted by Gasteiger charge is -2.28. The number of nitro groups is 1. The Hall–Kier alpha value is -1.69. The number of pyridine rings is 1. The largest absolute Gasteiger partial charge is 0.358 e. The Kier molecular flexibility index (Phi) is 4.09. The number of hydrogen-bond acceptors (Lipinski definition) is 5. The number of aromatic nitrogens is 1. The van der Waals surface area contributed by atoms with Crippen molar-refractivity contribution in [2.75, 3.05) is 25.0 Å². The molecule has 6 heteroatoms. The Morgan fingerprint density at radius 1 is 1.61 bits per heavy atom. The van der Waals surface area contributed by atoms with Crippen LogP contribution in [-0.4, -0.2) is 36.1 Å². The molecule has 0 radical (unpaired) electrons. The van der Waals surface area contributed by atoms with E-state index in [9.17, 15) is 10.1 Å². The summed E-state index contributed by atoms with van der Waals surface area (Å²) in [6.45, 7) is 1.88. The first-order chi connectivity index (χ1) is 8.66. The average molecular weight is 250 g/mol. The van der Waals surface area contributed by atoms with Gasteiger partial charge in [-0.2, -0.15) is 0 Å². The molecule has 1 fully saturated rings. The first-order valence-electron chi connectivity index (χ1n) is 6.22. The van der Waals surface area contributed by atoms with E-state index in [0.717, 1.165) is 19.5 Å². The number of nitrogens with one attached hydrogen (secondary N) is 1. The Labute approximate surface area is 106 Å². The van der Waals surface area contributed by atoms with Crippen LogP contribution in [0.25, 0.3) is 0 Å². The summed E-state index contributed by atoms with van der Waals surface area (Å²) in [5, 5.41) is 14.2. The molecule has 1 aromatic rings. The van der Waals surface area contributed by atoms with Crippen molar-refractivity contribution in [2.24, 2.45) is 0 Å². The van der Waals surface area contributed by atoms with Gasteiger partial charge in [0, 0.05) is 31.9 Å². The van der Waals surface area contributed by atoms with Crippen molar-refractivity contribution < 1.29 is 4.92 Å². The molecule has 1 aliphatic rings. The molecule has 1 atom stereocenters. The van der Waals surface area contributed by atoms with Crippen LogP contribution >= 0.6 is 0 Å². The Bertz CT molecular complexity index is 418. The fourth-order valence-electron chi connectivity index (χ4n) is 2.23. The van der Waals surface area contributed by atoms with Crippen molar-refractivity contribution in [3.8, 4) is 0 Å². The highest BCUT2D eigenvalue weighted by atomic mass is 16.6. The third kappa shape index (κ3) is 3.16. The van der Waals surface area contributed by atoms with Crippen molar-refractivity contribution in [3.63, 3.8) is 0 Å². The van der Waals surface area contributed by atoms with Crippen molar-refractivity contribution in [1.29, 1.82) is 0 Å². The van der Waals surface area contributed by atoms with E-state index in [1.807, 2.05) is 11.9 Å². The van der Waals surface area contributed by atoms with Crippen LogP contribution in [0.4, 0.5) is 11.5 Å².